The fraction of sp³-hybridized carbons (Fsp3) is 0.245. The molecular weight excluding hydrogens is 1550 g/mol. The first-order valence-corrected chi connectivity index (χ1v) is 54.1. The zero-order valence-corrected chi connectivity index (χ0v) is 74.7. The van der Waals surface area contributed by atoms with Crippen molar-refractivity contribution in [2.75, 3.05) is 19.6 Å². The number of para-hydroxylation sites is 8. The molecule has 0 spiro atoms. The summed E-state index contributed by atoms with van der Waals surface area (Å²) < 4.78 is 0. The van der Waals surface area contributed by atoms with Crippen LogP contribution in [0.4, 0.5) is 62.6 Å². The van der Waals surface area contributed by atoms with Gasteiger partial charge >= 0.3 is 37.9 Å². The van der Waals surface area contributed by atoms with Crippen LogP contribution >= 0.6 is 17.0 Å². The molecule has 115 heavy (non-hydrogen) atoms. The summed E-state index contributed by atoms with van der Waals surface area (Å²) in [5.41, 5.74) is 44.9. The second-order valence-electron chi connectivity index (χ2n) is 34.2. The van der Waals surface area contributed by atoms with Crippen molar-refractivity contribution < 1.29 is 20.8 Å². The van der Waals surface area contributed by atoms with E-state index in [2.05, 4.69) is 359 Å². The van der Waals surface area contributed by atoms with E-state index >= 15 is 0 Å². The number of fused-ring (bicyclic) bond motifs is 8. The Morgan fingerprint density at radius 2 is 0.704 bits per heavy atom. The number of allylic oxidation sites excluding steroid dienone is 9. The molecular formula is C106H108Cl2N4Si2Zr. The van der Waals surface area contributed by atoms with Gasteiger partial charge in [0.15, 0.2) is 0 Å². The van der Waals surface area contributed by atoms with Gasteiger partial charge < -0.3 is 34.5 Å². The first-order chi connectivity index (χ1) is 55.2. The van der Waals surface area contributed by atoms with Crippen LogP contribution < -0.4 is 19.6 Å². The zero-order valence-electron chi connectivity index (χ0n) is 68.8. The Bertz CT molecular complexity index is 5460. The SMILES string of the molecule is CC1=CC2=C(N(c3ccccc3)c3ccccc3)C3CCCC3C=C2C1[Si](C)(C)C1C(C)=Cc2c1cc1c(c2N(c2ccccc2)c2ccccc2)CCC1.CC1=Cc2c(cc3c(c2N(c2ccccc2)c2ccccc2)CCC3)C1[Si](C)(C)C1=C(C)Cc2c1cc1c(c2N(c2ccccc2)c2ccccc2)CCC1.[CH3-].[CH3-].[Cl][Zr+2][Cl]. The van der Waals surface area contributed by atoms with Crippen LogP contribution in [0.5, 0.6) is 0 Å². The van der Waals surface area contributed by atoms with E-state index in [9.17, 15) is 0 Å². The Hall–Kier alpha value is -9.04. The average Bonchev–Trinajstić information content (AvgIpc) is 1.56. The third-order valence-corrected chi connectivity index (χ3v) is 35.4. The summed E-state index contributed by atoms with van der Waals surface area (Å²) in [6, 6.07) is 96.8. The van der Waals surface area contributed by atoms with E-state index in [1.165, 1.54) is 141 Å². The maximum atomic E-state index is 4.93. The van der Waals surface area contributed by atoms with Crippen molar-refractivity contribution in [1.29, 1.82) is 0 Å². The fourth-order valence-corrected chi connectivity index (χ4v) is 32.4. The summed E-state index contributed by atoms with van der Waals surface area (Å²) in [5, 5.41) is 1.69. The van der Waals surface area contributed by atoms with Gasteiger partial charge in [-0.3, -0.25) is 0 Å². The standard InChI is InChI=1S/C52H52N2Si.C52H50N2Si.2CH3.2ClH.Zr/c2*1-35-31-45-47(33-37-19-17-29-43(37)49(45)53(39-21-9-5-10-22-39)40-23-11-6-12-24-40)51(35)55(3,4)52-36(2)32-46-48(52)34-38-20-18-30-44(38)50(46)54(41-25-13-7-14-26-41)42-27-15-8-16-28-42;;;;;/h5-16,21-28,31-34,37,43,51-52H,17-20,29-30H2,1-4H3;5-16,21-28,31,33-34,51H,17-20,29-30,32H2,1-4H3;2*1H3;2*1H;/q;;2*-1;;;+4/p-2. The summed E-state index contributed by atoms with van der Waals surface area (Å²) in [6.07, 6.45) is 26.1. The molecule has 11 aromatic rings. The van der Waals surface area contributed by atoms with E-state index in [1.807, 2.05) is 0 Å². The molecule has 0 saturated heterocycles. The number of nitrogens with zero attached hydrogens (tertiary/aromatic N) is 4. The van der Waals surface area contributed by atoms with E-state index in [0.29, 0.717) is 28.5 Å². The molecule has 0 amide bonds. The molecule has 1 fully saturated rings. The predicted molar refractivity (Wildman–Crippen MR) is 497 cm³/mol. The summed E-state index contributed by atoms with van der Waals surface area (Å²) in [6.45, 7) is 20.6. The third kappa shape index (κ3) is 14.3. The molecule has 0 heterocycles. The topological polar surface area (TPSA) is 13.0 Å². The first kappa shape index (κ1) is 79.8. The number of rotatable bonds is 16. The molecule has 9 aliphatic carbocycles. The predicted octanol–water partition coefficient (Wildman–Crippen LogP) is 30.4. The van der Waals surface area contributed by atoms with Gasteiger partial charge in [-0.05, 0) is 275 Å². The number of aryl methyl sites for hydroxylation is 3. The summed E-state index contributed by atoms with van der Waals surface area (Å²) in [7, 11) is 5.56. The number of hydrogen-bond donors (Lipinski definition) is 0. The Balaban J connectivity index is 0.000000165. The molecule has 11 aromatic carbocycles. The first-order valence-electron chi connectivity index (χ1n) is 41.5. The summed E-state index contributed by atoms with van der Waals surface area (Å²) in [5.74, 6) is 1.12. The van der Waals surface area contributed by atoms with E-state index in [1.54, 1.807) is 77.6 Å². The number of halogens is 2. The van der Waals surface area contributed by atoms with Gasteiger partial charge in [0.2, 0.25) is 0 Å². The third-order valence-electron chi connectivity index (χ3n) is 26.7. The minimum absolute atomic E-state index is 0. The van der Waals surface area contributed by atoms with Gasteiger partial charge in [0.25, 0.3) is 0 Å². The van der Waals surface area contributed by atoms with Gasteiger partial charge in [0.1, 0.15) is 0 Å². The van der Waals surface area contributed by atoms with Crippen LogP contribution in [0.3, 0.4) is 0 Å². The molecule has 4 nitrogen and oxygen atoms in total. The van der Waals surface area contributed by atoms with E-state index in [4.69, 9.17) is 17.0 Å². The van der Waals surface area contributed by atoms with Crippen molar-refractivity contribution in [2.45, 2.75) is 154 Å². The van der Waals surface area contributed by atoms with Gasteiger partial charge in [-0.2, -0.15) is 0 Å². The molecule has 0 aromatic heterocycles. The number of hydrogen-bond acceptors (Lipinski definition) is 4. The van der Waals surface area contributed by atoms with E-state index < -0.39 is 37.0 Å². The van der Waals surface area contributed by atoms with Gasteiger partial charge in [0, 0.05) is 84.9 Å². The van der Waals surface area contributed by atoms with Crippen LogP contribution in [0.1, 0.15) is 144 Å². The molecule has 0 aliphatic heterocycles. The van der Waals surface area contributed by atoms with Crippen molar-refractivity contribution in [3.8, 4) is 0 Å². The molecule has 9 heteroatoms. The van der Waals surface area contributed by atoms with E-state index in [-0.39, 0.29) is 14.9 Å². The molecule has 0 bridgehead atoms. The van der Waals surface area contributed by atoms with Crippen LogP contribution in [0.15, 0.2) is 312 Å². The van der Waals surface area contributed by atoms with Crippen molar-refractivity contribution in [3.63, 3.8) is 0 Å². The molecule has 5 atom stereocenters. The van der Waals surface area contributed by atoms with Crippen LogP contribution in [0, 0.1) is 26.7 Å². The summed E-state index contributed by atoms with van der Waals surface area (Å²) in [4.78, 5) is 10.3. The van der Waals surface area contributed by atoms with Crippen molar-refractivity contribution >= 4 is 113 Å². The second kappa shape index (κ2) is 33.5. The van der Waals surface area contributed by atoms with Crippen LogP contribution in [-0.2, 0) is 65.8 Å². The minimum atomic E-state index is -2.19. The maximum absolute atomic E-state index is 4.93. The number of benzene rings is 11. The van der Waals surface area contributed by atoms with Crippen LogP contribution in [0.2, 0.25) is 31.7 Å². The summed E-state index contributed by atoms with van der Waals surface area (Å²) >= 11 is -0.826. The molecule has 9 aliphatic rings. The van der Waals surface area contributed by atoms with Crippen molar-refractivity contribution in [2.24, 2.45) is 11.8 Å². The average molecular weight is 1660 g/mol. The Kier molecular flexibility index (Phi) is 23.3. The molecule has 0 N–H and O–H groups in total. The van der Waals surface area contributed by atoms with Gasteiger partial charge in [0.05, 0.1) is 33.2 Å². The van der Waals surface area contributed by atoms with Gasteiger partial charge in [-0.25, -0.2) is 0 Å². The number of anilines is 11. The molecule has 5 unspecified atom stereocenters. The van der Waals surface area contributed by atoms with E-state index in [0.717, 1.165) is 38.5 Å². The molecule has 20 rings (SSSR count). The molecule has 0 radical (unpaired) electrons. The molecule has 578 valence electrons. The monoisotopic (exact) mass is 1650 g/mol. The Morgan fingerprint density at radius 1 is 0.365 bits per heavy atom. The quantitative estimate of drug-likeness (QED) is 0.0706. The fourth-order valence-electron chi connectivity index (χ4n) is 22.8. The Morgan fingerprint density at radius 3 is 1.10 bits per heavy atom. The molecule has 1 saturated carbocycles. The van der Waals surface area contributed by atoms with Crippen LogP contribution in [-0.4, -0.2) is 16.1 Å². The van der Waals surface area contributed by atoms with Crippen molar-refractivity contribution in [1.82, 2.24) is 0 Å². The van der Waals surface area contributed by atoms with Gasteiger partial charge in [-0.15, -0.1) is 0 Å². The van der Waals surface area contributed by atoms with Crippen LogP contribution in [0.25, 0.3) is 17.3 Å². The Labute approximate surface area is 707 Å². The van der Waals surface area contributed by atoms with Gasteiger partial charge in [-0.1, -0.05) is 248 Å². The van der Waals surface area contributed by atoms with Crippen molar-refractivity contribution in [3.05, 3.63) is 394 Å². The zero-order chi connectivity index (χ0) is 77.2. The second-order valence-corrected chi connectivity index (χ2v) is 47.3. The normalized spacial score (nSPS) is 18.8.